The van der Waals surface area contributed by atoms with Crippen LogP contribution in [0.4, 0.5) is 5.69 Å². The van der Waals surface area contributed by atoms with E-state index < -0.39 is 0 Å². The molecule has 96 valence electrons. The van der Waals surface area contributed by atoms with Gasteiger partial charge in [0.1, 0.15) is 5.75 Å². The minimum absolute atomic E-state index is 0.718. The molecule has 0 radical (unpaired) electrons. The molecule has 1 saturated heterocycles. The van der Waals surface area contributed by atoms with Gasteiger partial charge < -0.3 is 9.64 Å². The third kappa shape index (κ3) is 4.23. The maximum atomic E-state index is 5.53. The van der Waals surface area contributed by atoms with Crippen molar-refractivity contribution in [3.63, 3.8) is 0 Å². The number of hydrogen-bond acceptors (Lipinski definition) is 2. The van der Waals surface area contributed by atoms with Gasteiger partial charge in [0.25, 0.3) is 0 Å². The topological polar surface area (TPSA) is 12.5 Å². The predicted octanol–water partition coefficient (Wildman–Crippen LogP) is 4.47. The summed E-state index contributed by atoms with van der Waals surface area (Å²) in [5, 5.41) is 0. The molecule has 0 unspecified atom stereocenters. The van der Waals surface area contributed by atoms with Gasteiger partial charge in [0.15, 0.2) is 0 Å². The van der Waals surface area contributed by atoms with E-state index in [-0.39, 0.29) is 0 Å². The second kappa shape index (κ2) is 7.59. The van der Waals surface area contributed by atoms with Gasteiger partial charge >= 0.3 is 0 Å². The van der Waals surface area contributed by atoms with Crippen molar-refractivity contribution in [3.8, 4) is 5.75 Å². The van der Waals surface area contributed by atoms with E-state index in [1.807, 2.05) is 26.8 Å². The molecule has 1 aromatic rings. The van der Waals surface area contributed by atoms with Gasteiger partial charge in [-0.1, -0.05) is 29.8 Å². The maximum absolute atomic E-state index is 5.53. The van der Waals surface area contributed by atoms with Crippen molar-refractivity contribution in [2.75, 3.05) is 24.6 Å². The molecule has 0 aromatic heterocycles. The minimum Gasteiger partial charge on any atom is -0.494 e. The van der Waals surface area contributed by atoms with E-state index in [1.165, 1.54) is 31.6 Å². The highest BCUT2D eigenvalue weighted by molar-refractivity contribution is 9.10. The number of benzene rings is 1. The lowest BCUT2D eigenvalue weighted by Gasteiger charge is -2.18. The zero-order valence-electron chi connectivity index (χ0n) is 11.0. The Balaban J connectivity index is 0.000000686. The van der Waals surface area contributed by atoms with Crippen molar-refractivity contribution < 1.29 is 4.74 Å². The van der Waals surface area contributed by atoms with Crippen LogP contribution in [0.3, 0.4) is 0 Å². The van der Waals surface area contributed by atoms with Crippen LogP contribution >= 0.6 is 15.9 Å². The fourth-order valence-corrected chi connectivity index (χ4v) is 2.42. The SMILES string of the molecule is CC.CCOc1cc(Br)cc(N2CCCC2)c1. The molecular weight excluding hydrogens is 278 g/mol. The number of anilines is 1. The molecule has 3 heteroatoms. The van der Waals surface area contributed by atoms with E-state index in [0.717, 1.165) is 16.8 Å². The van der Waals surface area contributed by atoms with Crippen molar-refractivity contribution >= 4 is 21.6 Å². The molecule has 1 aliphatic rings. The monoisotopic (exact) mass is 299 g/mol. The lowest BCUT2D eigenvalue weighted by Crippen LogP contribution is -2.17. The van der Waals surface area contributed by atoms with Crippen LogP contribution in [0.2, 0.25) is 0 Å². The highest BCUT2D eigenvalue weighted by atomic mass is 79.9. The Labute approximate surface area is 113 Å². The maximum Gasteiger partial charge on any atom is 0.122 e. The highest BCUT2D eigenvalue weighted by Gasteiger charge is 2.13. The molecule has 0 spiro atoms. The molecule has 2 rings (SSSR count). The van der Waals surface area contributed by atoms with E-state index in [0.29, 0.717) is 0 Å². The van der Waals surface area contributed by atoms with Gasteiger partial charge in [0.05, 0.1) is 6.61 Å². The van der Waals surface area contributed by atoms with Gasteiger partial charge in [0, 0.05) is 29.3 Å². The second-order valence-corrected chi connectivity index (χ2v) is 4.69. The molecule has 0 atom stereocenters. The first-order valence-corrected chi connectivity index (χ1v) is 7.27. The Bertz CT molecular complexity index is 335. The largest absolute Gasteiger partial charge is 0.494 e. The van der Waals surface area contributed by atoms with Crippen LogP contribution in [0.15, 0.2) is 22.7 Å². The summed E-state index contributed by atoms with van der Waals surface area (Å²) < 4.78 is 6.62. The van der Waals surface area contributed by atoms with Crippen LogP contribution in [0, 0.1) is 0 Å². The first-order valence-electron chi connectivity index (χ1n) is 6.48. The van der Waals surface area contributed by atoms with Gasteiger partial charge in [-0.3, -0.25) is 0 Å². The lowest BCUT2D eigenvalue weighted by molar-refractivity contribution is 0.340. The Morgan fingerprint density at radius 2 is 1.82 bits per heavy atom. The zero-order chi connectivity index (χ0) is 12.7. The molecule has 0 N–H and O–H groups in total. The van der Waals surface area contributed by atoms with Crippen molar-refractivity contribution in [2.24, 2.45) is 0 Å². The number of halogens is 1. The first-order chi connectivity index (χ1) is 8.29. The van der Waals surface area contributed by atoms with E-state index in [4.69, 9.17) is 4.74 Å². The molecule has 0 amide bonds. The number of hydrogen-bond donors (Lipinski definition) is 0. The van der Waals surface area contributed by atoms with Gasteiger partial charge in [-0.25, -0.2) is 0 Å². The van der Waals surface area contributed by atoms with Crippen molar-refractivity contribution in [1.82, 2.24) is 0 Å². The molecule has 2 nitrogen and oxygen atoms in total. The van der Waals surface area contributed by atoms with Crippen molar-refractivity contribution in [2.45, 2.75) is 33.6 Å². The lowest BCUT2D eigenvalue weighted by atomic mass is 10.3. The van der Waals surface area contributed by atoms with Crippen LogP contribution in [-0.2, 0) is 0 Å². The molecule has 0 aliphatic carbocycles. The zero-order valence-corrected chi connectivity index (χ0v) is 12.6. The van der Waals surface area contributed by atoms with E-state index in [1.54, 1.807) is 0 Å². The fourth-order valence-electron chi connectivity index (χ4n) is 1.96. The molecule has 1 heterocycles. The summed E-state index contributed by atoms with van der Waals surface area (Å²) in [6, 6.07) is 6.30. The third-order valence-corrected chi connectivity index (χ3v) is 3.10. The van der Waals surface area contributed by atoms with Crippen molar-refractivity contribution in [1.29, 1.82) is 0 Å². The smallest absolute Gasteiger partial charge is 0.122 e. The van der Waals surface area contributed by atoms with Gasteiger partial charge in [-0.15, -0.1) is 0 Å². The van der Waals surface area contributed by atoms with Crippen molar-refractivity contribution in [3.05, 3.63) is 22.7 Å². The van der Waals surface area contributed by atoms with Crippen LogP contribution in [0.25, 0.3) is 0 Å². The summed E-state index contributed by atoms with van der Waals surface area (Å²) in [6.45, 7) is 9.07. The Kier molecular flexibility index (Phi) is 6.41. The van der Waals surface area contributed by atoms with E-state index >= 15 is 0 Å². The third-order valence-electron chi connectivity index (χ3n) is 2.64. The summed E-state index contributed by atoms with van der Waals surface area (Å²) in [5.41, 5.74) is 1.27. The van der Waals surface area contributed by atoms with Gasteiger partial charge in [-0.2, -0.15) is 0 Å². The van der Waals surface area contributed by atoms with Crippen LogP contribution in [0.1, 0.15) is 33.6 Å². The number of ether oxygens (including phenoxy) is 1. The van der Waals surface area contributed by atoms with Crippen LogP contribution in [-0.4, -0.2) is 19.7 Å². The summed E-state index contributed by atoms with van der Waals surface area (Å²) in [4.78, 5) is 2.41. The Morgan fingerprint density at radius 1 is 1.18 bits per heavy atom. The van der Waals surface area contributed by atoms with Crippen LogP contribution in [0.5, 0.6) is 5.75 Å². The summed E-state index contributed by atoms with van der Waals surface area (Å²) in [7, 11) is 0. The van der Waals surface area contributed by atoms with Crippen LogP contribution < -0.4 is 9.64 Å². The molecule has 0 bridgehead atoms. The van der Waals surface area contributed by atoms with E-state index in [2.05, 4.69) is 33.0 Å². The predicted molar refractivity (Wildman–Crippen MR) is 78.1 cm³/mol. The molecule has 1 fully saturated rings. The summed E-state index contributed by atoms with van der Waals surface area (Å²) in [5.74, 6) is 0.953. The molecular formula is C14H22BrNO. The van der Waals surface area contributed by atoms with Gasteiger partial charge in [-0.05, 0) is 31.9 Å². The van der Waals surface area contributed by atoms with E-state index in [9.17, 15) is 0 Å². The molecule has 1 aromatic carbocycles. The average molecular weight is 300 g/mol. The standard InChI is InChI=1S/C12H16BrNO.C2H6/c1-2-15-12-8-10(13)7-11(9-12)14-5-3-4-6-14;1-2/h7-9H,2-6H2,1H3;1-2H3. The molecule has 0 saturated carbocycles. The Morgan fingerprint density at radius 3 is 2.41 bits per heavy atom. The summed E-state index contributed by atoms with van der Waals surface area (Å²) >= 11 is 3.52. The molecule has 1 aliphatic heterocycles. The number of rotatable bonds is 3. The van der Waals surface area contributed by atoms with Gasteiger partial charge in [0.2, 0.25) is 0 Å². The average Bonchev–Trinajstić information content (AvgIpc) is 2.85. The minimum atomic E-state index is 0.718. The second-order valence-electron chi connectivity index (χ2n) is 3.77. The molecule has 17 heavy (non-hydrogen) atoms. The Hall–Kier alpha value is -0.700. The normalized spacial score (nSPS) is 14.2. The first kappa shape index (κ1) is 14.4. The highest BCUT2D eigenvalue weighted by Crippen LogP contribution is 2.29. The quantitative estimate of drug-likeness (QED) is 0.816. The number of nitrogens with zero attached hydrogens (tertiary/aromatic N) is 1. The summed E-state index contributed by atoms with van der Waals surface area (Å²) in [6.07, 6.45) is 2.60. The fraction of sp³-hybridized carbons (Fsp3) is 0.571.